The summed E-state index contributed by atoms with van der Waals surface area (Å²) < 4.78 is 23.9. The highest BCUT2D eigenvalue weighted by Gasteiger charge is 2.21. The first-order valence-corrected chi connectivity index (χ1v) is 9.97. The highest BCUT2D eigenvalue weighted by Crippen LogP contribution is 2.39. The quantitative estimate of drug-likeness (QED) is 0.459. The second-order valence-corrected chi connectivity index (χ2v) is 7.75. The van der Waals surface area contributed by atoms with E-state index >= 15 is 0 Å². The predicted octanol–water partition coefficient (Wildman–Crippen LogP) is 3.01. The molecule has 0 N–H and O–H groups in total. The molecule has 1 aliphatic rings. The lowest BCUT2D eigenvalue weighted by molar-refractivity contribution is 0.174. The molecule has 0 radical (unpaired) electrons. The molecule has 0 saturated heterocycles. The summed E-state index contributed by atoms with van der Waals surface area (Å²) in [5.41, 5.74) is 1.38. The van der Waals surface area contributed by atoms with Crippen molar-refractivity contribution in [2.24, 2.45) is 0 Å². The maximum Gasteiger partial charge on any atom is 0.259 e. The molecular formula is C23H23N3O5. The lowest BCUT2D eigenvalue weighted by Crippen LogP contribution is -2.27. The lowest BCUT2D eigenvalue weighted by atomic mass is 10.0. The Kier molecular flexibility index (Phi) is 4.59. The molecule has 0 amide bonds. The minimum Gasteiger partial charge on any atom is -0.493 e. The molecule has 4 aromatic rings. The molecule has 8 heteroatoms. The van der Waals surface area contributed by atoms with E-state index in [0.29, 0.717) is 47.0 Å². The zero-order valence-electron chi connectivity index (χ0n) is 17.9. The third kappa shape index (κ3) is 3.02. The summed E-state index contributed by atoms with van der Waals surface area (Å²) in [5, 5.41) is 2.97. The Morgan fingerprint density at radius 2 is 1.71 bits per heavy atom. The van der Waals surface area contributed by atoms with Crippen molar-refractivity contribution >= 4 is 32.6 Å². The molecule has 5 rings (SSSR count). The monoisotopic (exact) mass is 421 g/mol. The van der Waals surface area contributed by atoms with E-state index in [1.54, 1.807) is 25.0 Å². The molecule has 3 heterocycles. The van der Waals surface area contributed by atoms with E-state index in [-0.39, 0.29) is 12.4 Å². The first-order valence-electron chi connectivity index (χ1n) is 9.97. The highest BCUT2D eigenvalue weighted by atomic mass is 16.7. The Bertz CT molecular complexity index is 1390. The van der Waals surface area contributed by atoms with Gasteiger partial charge in [0.15, 0.2) is 23.0 Å². The summed E-state index contributed by atoms with van der Waals surface area (Å²) in [5.74, 6) is 2.43. The standard InChI is InChI=1S/C23H23N3O5/c1-25(2)5-6-26-17-10-19(29-4)18(28-3)7-13(17)15-11-24-16-9-21-20(30-12-31-21)8-14(16)22(15)23(26)27/h7-11H,5-6,12H2,1-4H3. The van der Waals surface area contributed by atoms with Gasteiger partial charge in [0.2, 0.25) is 6.79 Å². The van der Waals surface area contributed by atoms with Gasteiger partial charge in [0.25, 0.3) is 5.56 Å². The van der Waals surface area contributed by atoms with Gasteiger partial charge in [-0.05, 0) is 26.2 Å². The number of ether oxygens (including phenoxy) is 4. The Morgan fingerprint density at radius 3 is 2.42 bits per heavy atom. The maximum atomic E-state index is 13.8. The van der Waals surface area contributed by atoms with Crippen LogP contribution in [0, 0.1) is 0 Å². The van der Waals surface area contributed by atoms with Crippen molar-refractivity contribution in [2.75, 3.05) is 41.7 Å². The number of hydrogen-bond donors (Lipinski definition) is 0. The van der Waals surface area contributed by atoms with Crippen LogP contribution in [0.5, 0.6) is 23.0 Å². The molecule has 0 atom stereocenters. The fraction of sp³-hybridized carbons (Fsp3) is 0.304. The van der Waals surface area contributed by atoms with Gasteiger partial charge >= 0.3 is 0 Å². The van der Waals surface area contributed by atoms with Crippen LogP contribution >= 0.6 is 0 Å². The summed E-state index contributed by atoms with van der Waals surface area (Å²) in [6, 6.07) is 7.42. The van der Waals surface area contributed by atoms with Crippen molar-refractivity contribution in [2.45, 2.75) is 6.54 Å². The molecule has 31 heavy (non-hydrogen) atoms. The number of rotatable bonds is 5. The van der Waals surface area contributed by atoms with Crippen LogP contribution in [0.25, 0.3) is 32.6 Å². The van der Waals surface area contributed by atoms with Gasteiger partial charge in [-0.25, -0.2) is 0 Å². The van der Waals surface area contributed by atoms with E-state index in [1.807, 2.05) is 43.3 Å². The Morgan fingerprint density at radius 1 is 1.00 bits per heavy atom. The van der Waals surface area contributed by atoms with Crippen LogP contribution in [0.3, 0.4) is 0 Å². The molecule has 0 aliphatic carbocycles. The van der Waals surface area contributed by atoms with Crippen LogP contribution in [-0.2, 0) is 6.54 Å². The fourth-order valence-corrected chi connectivity index (χ4v) is 4.09. The summed E-state index contributed by atoms with van der Waals surface area (Å²) in [7, 11) is 7.16. The van der Waals surface area contributed by atoms with E-state index in [2.05, 4.69) is 4.98 Å². The Labute approximate surface area is 178 Å². The zero-order valence-corrected chi connectivity index (χ0v) is 17.9. The van der Waals surface area contributed by atoms with Crippen LogP contribution < -0.4 is 24.5 Å². The summed E-state index contributed by atoms with van der Waals surface area (Å²) >= 11 is 0. The SMILES string of the molecule is COc1cc2c3cnc4cc5c(cc4c3c(=O)n(CCN(C)C)c2cc1OC)OCO5. The minimum absolute atomic E-state index is 0.0807. The van der Waals surface area contributed by atoms with Crippen LogP contribution in [0.15, 0.2) is 35.3 Å². The van der Waals surface area contributed by atoms with E-state index in [0.717, 1.165) is 21.7 Å². The van der Waals surface area contributed by atoms with E-state index < -0.39 is 0 Å². The van der Waals surface area contributed by atoms with Gasteiger partial charge in [-0.15, -0.1) is 0 Å². The third-order valence-electron chi connectivity index (χ3n) is 5.67. The maximum absolute atomic E-state index is 13.8. The number of aromatic nitrogens is 2. The number of fused-ring (bicyclic) bond motifs is 6. The fourth-order valence-electron chi connectivity index (χ4n) is 4.09. The van der Waals surface area contributed by atoms with Crippen molar-refractivity contribution in [1.29, 1.82) is 0 Å². The molecule has 2 aromatic heterocycles. The molecule has 160 valence electrons. The van der Waals surface area contributed by atoms with Gasteiger partial charge in [-0.1, -0.05) is 0 Å². The van der Waals surface area contributed by atoms with Crippen LogP contribution in [0.2, 0.25) is 0 Å². The smallest absolute Gasteiger partial charge is 0.259 e. The number of methoxy groups -OCH3 is 2. The van der Waals surface area contributed by atoms with Crippen molar-refractivity contribution in [1.82, 2.24) is 14.5 Å². The number of hydrogen-bond acceptors (Lipinski definition) is 7. The molecule has 2 aromatic carbocycles. The number of nitrogens with zero attached hydrogens (tertiary/aromatic N) is 3. The average Bonchev–Trinajstić information content (AvgIpc) is 3.23. The lowest BCUT2D eigenvalue weighted by Gasteiger charge is -2.18. The van der Waals surface area contributed by atoms with Crippen molar-refractivity contribution in [3.63, 3.8) is 0 Å². The first-order chi connectivity index (χ1) is 15.0. The van der Waals surface area contributed by atoms with Gasteiger partial charge < -0.3 is 28.4 Å². The van der Waals surface area contributed by atoms with Crippen molar-refractivity contribution in [3.05, 3.63) is 40.8 Å². The molecule has 0 saturated carbocycles. The minimum atomic E-state index is -0.0807. The normalized spacial score (nSPS) is 12.9. The summed E-state index contributed by atoms with van der Waals surface area (Å²) in [4.78, 5) is 20.5. The molecule has 0 unspecified atom stereocenters. The number of likely N-dealkylation sites (N-methyl/N-ethyl adjacent to an activating group) is 1. The predicted molar refractivity (Wildman–Crippen MR) is 119 cm³/mol. The van der Waals surface area contributed by atoms with Crippen LogP contribution in [0.4, 0.5) is 0 Å². The van der Waals surface area contributed by atoms with E-state index in [4.69, 9.17) is 18.9 Å². The average molecular weight is 421 g/mol. The molecule has 8 nitrogen and oxygen atoms in total. The molecule has 1 aliphatic heterocycles. The molecule has 0 bridgehead atoms. The van der Waals surface area contributed by atoms with Gasteiger partial charge in [0, 0.05) is 47.6 Å². The largest absolute Gasteiger partial charge is 0.493 e. The summed E-state index contributed by atoms with van der Waals surface area (Å²) in [6.07, 6.45) is 1.74. The second-order valence-electron chi connectivity index (χ2n) is 7.75. The molecule has 0 fully saturated rings. The number of benzene rings is 2. The van der Waals surface area contributed by atoms with Gasteiger partial charge in [0.05, 0.1) is 30.6 Å². The zero-order chi connectivity index (χ0) is 21.7. The van der Waals surface area contributed by atoms with Gasteiger partial charge in [-0.3, -0.25) is 9.78 Å². The number of pyridine rings is 2. The van der Waals surface area contributed by atoms with Gasteiger partial charge in [-0.2, -0.15) is 0 Å². The highest BCUT2D eigenvalue weighted by molar-refractivity contribution is 6.15. The summed E-state index contributed by atoms with van der Waals surface area (Å²) in [6.45, 7) is 1.41. The molecular weight excluding hydrogens is 398 g/mol. The van der Waals surface area contributed by atoms with E-state index in [1.165, 1.54) is 0 Å². The Balaban J connectivity index is 1.93. The van der Waals surface area contributed by atoms with Crippen LogP contribution in [-0.4, -0.2) is 56.1 Å². The van der Waals surface area contributed by atoms with Gasteiger partial charge in [0.1, 0.15) is 0 Å². The first kappa shape index (κ1) is 19.4. The third-order valence-corrected chi connectivity index (χ3v) is 5.67. The van der Waals surface area contributed by atoms with Crippen LogP contribution in [0.1, 0.15) is 0 Å². The second kappa shape index (κ2) is 7.31. The van der Waals surface area contributed by atoms with Crippen molar-refractivity contribution < 1.29 is 18.9 Å². The molecule has 0 spiro atoms. The van der Waals surface area contributed by atoms with E-state index in [9.17, 15) is 4.79 Å². The Hall–Kier alpha value is -3.52. The van der Waals surface area contributed by atoms with Crippen molar-refractivity contribution in [3.8, 4) is 23.0 Å². The topological polar surface area (TPSA) is 75.1 Å².